The monoisotopic (exact) mass is 361 g/mol. The molecule has 0 aliphatic carbocycles. The van der Waals surface area contributed by atoms with Gasteiger partial charge in [0.2, 0.25) is 5.91 Å². The van der Waals surface area contributed by atoms with Gasteiger partial charge in [0.25, 0.3) is 5.91 Å². The lowest BCUT2D eigenvalue weighted by Gasteiger charge is -2.16. The molecular formula is C21H19N3O3. The van der Waals surface area contributed by atoms with E-state index in [1.165, 1.54) is 6.39 Å². The average molecular weight is 361 g/mol. The van der Waals surface area contributed by atoms with E-state index in [9.17, 15) is 9.59 Å². The number of amides is 2. The molecule has 1 N–H and O–H groups in total. The Kier molecular flexibility index (Phi) is 4.70. The van der Waals surface area contributed by atoms with E-state index in [4.69, 9.17) is 4.42 Å². The molecule has 1 aromatic heterocycles. The van der Waals surface area contributed by atoms with Crippen molar-refractivity contribution in [1.29, 1.82) is 0 Å². The number of oxazole rings is 1. The van der Waals surface area contributed by atoms with E-state index in [2.05, 4.69) is 10.3 Å². The third kappa shape index (κ3) is 3.89. The van der Waals surface area contributed by atoms with Crippen LogP contribution in [-0.4, -0.2) is 28.2 Å². The number of aromatic nitrogens is 1. The van der Waals surface area contributed by atoms with Crippen LogP contribution in [0.5, 0.6) is 0 Å². The van der Waals surface area contributed by atoms with E-state index >= 15 is 0 Å². The number of likely N-dealkylation sites (tertiary alicyclic amines) is 1. The first-order valence-electron chi connectivity index (χ1n) is 8.86. The molecule has 2 heterocycles. The van der Waals surface area contributed by atoms with Gasteiger partial charge in [0.1, 0.15) is 0 Å². The molecule has 27 heavy (non-hydrogen) atoms. The van der Waals surface area contributed by atoms with Gasteiger partial charge < -0.3 is 14.6 Å². The Bertz CT molecular complexity index is 966. The molecule has 2 aromatic carbocycles. The summed E-state index contributed by atoms with van der Waals surface area (Å²) in [6.07, 6.45) is 4.52. The van der Waals surface area contributed by atoms with Gasteiger partial charge in [0, 0.05) is 36.3 Å². The van der Waals surface area contributed by atoms with Gasteiger partial charge in [0.05, 0.1) is 6.20 Å². The second-order valence-electron chi connectivity index (χ2n) is 6.52. The normalized spacial score (nSPS) is 13.8. The minimum absolute atomic E-state index is 0.175. The topological polar surface area (TPSA) is 75.4 Å². The van der Waals surface area contributed by atoms with E-state index in [0.717, 1.165) is 24.1 Å². The first-order chi connectivity index (χ1) is 13.2. The number of hydrogen-bond acceptors (Lipinski definition) is 4. The molecule has 0 atom stereocenters. The van der Waals surface area contributed by atoms with Crippen LogP contribution in [0.25, 0.3) is 11.3 Å². The van der Waals surface area contributed by atoms with Crippen molar-refractivity contribution < 1.29 is 14.0 Å². The molecule has 4 rings (SSSR count). The molecule has 0 spiro atoms. The maximum absolute atomic E-state index is 12.6. The summed E-state index contributed by atoms with van der Waals surface area (Å²) in [7, 11) is 0. The van der Waals surface area contributed by atoms with Gasteiger partial charge >= 0.3 is 0 Å². The van der Waals surface area contributed by atoms with Gasteiger partial charge in [-0.3, -0.25) is 9.59 Å². The summed E-state index contributed by atoms with van der Waals surface area (Å²) in [6, 6.07) is 14.8. The molecule has 3 aromatic rings. The Balaban J connectivity index is 1.48. The van der Waals surface area contributed by atoms with Crippen LogP contribution in [0.1, 0.15) is 28.8 Å². The third-order valence-corrected chi connectivity index (χ3v) is 4.57. The number of benzene rings is 2. The van der Waals surface area contributed by atoms with Crippen LogP contribution in [0.2, 0.25) is 0 Å². The second kappa shape index (κ2) is 7.45. The predicted molar refractivity (Wildman–Crippen MR) is 101 cm³/mol. The third-order valence-electron chi connectivity index (χ3n) is 4.57. The van der Waals surface area contributed by atoms with Crippen molar-refractivity contribution in [2.45, 2.75) is 19.4 Å². The molecule has 6 nitrogen and oxygen atoms in total. The minimum Gasteiger partial charge on any atom is -0.444 e. The smallest absolute Gasteiger partial charge is 0.255 e. The van der Waals surface area contributed by atoms with Crippen LogP contribution in [0.3, 0.4) is 0 Å². The highest BCUT2D eigenvalue weighted by Crippen LogP contribution is 2.22. The molecule has 136 valence electrons. The van der Waals surface area contributed by atoms with E-state index in [0.29, 0.717) is 30.0 Å². The molecule has 0 unspecified atom stereocenters. The maximum atomic E-state index is 12.6. The molecule has 0 saturated carbocycles. The molecule has 1 fully saturated rings. The first kappa shape index (κ1) is 17.0. The van der Waals surface area contributed by atoms with Gasteiger partial charge in [-0.2, -0.15) is 0 Å². The minimum atomic E-state index is -0.195. The Hall–Kier alpha value is -3.41. The summed E-state index contributed by atoms with van der Waals surface area (Å²) in [5, 5.41) is 2.91. The highest BCUT2D eigenvalue weighted by molar-refractivity contribution is 6.04. The summed E-state index contributed by atoms with van der Waals surface area (Å²) in [5.74, 6) is 0.622. The Morgan fingerprint density at radius 3 is 2.85 bits per heavy atom. The van der Waals surface area contributed by atoms with Crippen LogP contribution in [-0.2, 0) is 11.3 Å². The van der Waals surface area contributed by atoms with E-state index < -0.39 is 0 Å². The Morgan fingerprint density at radius 2 is 2.07 bits per heavy atom. The quantitative estimate of drug-likeness (QED) is 0.751. The predicted octanol–water partition coefficient (Wildman–Crippen LogP) is 3.72. The standard InChI is InChI=1S/C21H19N3O3/c25-20-8-3-9-24(20)13-15-4-1-6-17(10-15)21(26)23-18-7-2-5-16(11-18)19-12-22-14-27-19/h1-2,4-7,10-12,14H,3,8-9,13H2,(H,23,26). The second-order valence-corrected chi connectivity index (χ2v) is 6.52. The number of hydrogen-bond donors (Lipinski definition) is 1. The molecule has 2 amide bonds. The molecule has 0 radical (unpaired) electrons. The van der Waals surface area contributed by atoms with Crippen LogP contribution < -0.4 is 5.32 Å². The zero-order valence-electron chi connectivity index (χ0n) is 14.7. The number of carbonyl (C=O) groups is 2. The number of rotatable bonds is 5. The average Bonchev–Trinajstić information content (AvgIpc) is 3.35. The van der Waals surface area contributed by atoms with Crippen LogP contribution >= 0.6 is 0 Å². The Morgan fingerprint density at radius 1 is 1.19 bits per heavy atom. The van der Waals surface area contributed by atoms with Gasteiger partial charge in [-0.25, -0.2) is 4.98 Å². The highest BCUT2D eigenvalue weighted by atomic mass is 16.3. The number of nitrogens with one attached hydrogen (secondary N) is 1. The van der Waals surface area contributed by atoms with Crippen molar-refractivity contribution in [1.82, 2.24) is 9.88 Å². The van der Waals surface area contributed by atoms with E-state index in [-0.39, 0.29) is 11.8 Å². The first-order valence-corrected chi connectivity index (χ1v) is 8.86. The van der Waals surface area contributed by atoms with Gasteiger partial charge in [-0.05, 0) is 36.2 Å². The summed E-state index contributed by atoms with van der Waals surface area (Å²) >= 11 is 0. The van der Waals surface area contributed by atoms with Crippen LogP contribution in [0, 0.1) is 0 Å². The maximum Gasteiger partial charge on any atom is 0.255 e. The fourth-order valence-corrected chi connectivity index (χ4v) is 3.21. The largest absolute Gasteiger partial charge is 0.444 e. The fourth-order valence-electron chi connectivity index (χ4n) is 3.21. The summed E-state index contributed by atoms with van der Waals surface area (Å²) in [6.45, 7) is 1.32. The van der Waals surface area contributed by atoms with Gasteiger partial charge in [-0.1, -0.05) is 24.3 Å². The van der Waals surface area contributed by atoms with Crippen molar-refractivity contribution in [2.24, 2.45) is 0 Å². The van der Waals surface area contributed by atoms with Gasteiger partial charge in [-0.15, -0.1) is 0 Å². The van der Waals surface area contributed by atoms with Crippen molar-refractivity contribution in [3.8, 4) is 11.3 Å². The lowest BCUT2D eigenvalue weighted by atomic mass is 10.1. The van der Waals surface area contributed by atoms with Crippen molar-refractivity contribution in [3.05, 3.63) is 72.2 Å². The molecule has 1 aliphatic rings. The molecule has 0 bridgehead atoms. The SMILES string of the molecule is O=C(Nc1cccc(-c2cnco2)c1)c1cccc(CN2CCCC2=O)c1. The highest BCUT2D eigenvalue weighted by Gasteiger charge is 2.20. The molecule has 6 heteroatoms. The molecule has 1 saturated heterocycles. The van der Waals surface area contributed by atoms with Crippen molar-refractivity contribution in [3.63, 3.8) is 0 Å². The zero-order valence-corrected chi connectivity index (χ0v) is 14.7. The fraction of sp³-hybridized carbons (Fsp3) is 0.190. The molecular weight excluding hydrogens is 342 g/mol. The van der Waals surface area contributed by atoms with Gasteiger partial charge in [0.15, 0.2) is 12.2 Å². The molecule has 1 aliphatic heterocycles. The van der Waals surface area contributed by atoms with Crippen LogP contribution in [0.15, 0.2) is 65.5 Å². The lowest BCUT2D eigenvalue weighted by Crippen LogP contribution is -2.24. The number of nitrogens with zero attached hydrogens (tertiary/aromatic N) is 2. The summed E-state index contributed by atoms with van der Waals surface area (Å²) in [5.41, 5.74) is 3.03. The van der Waals surface area contributed by atoms with Crippen molar-refractivity contribution in [2.75, 3.05) is 11.9 Å². The number of anilines is 1. The van der Waals surface area contributed by atoms with Crippen LogP contribution in [0.4, 0.5) is 5.69 Å². The van der Waals surface area contributed by atoms with E-state index in [1.807, 2.05) is 47.4 Å². The number of carbonyl (C=O) groups excluding carboxylic acids is 2. The lowest BCUT2D eigenvalue weighted by molar-refractivity contribution is -0.128. The summed E-state index contributed by atoms with van der Waals surface area (Å²) < 4.78 is 5.30. The summed E-state index contributed by atoms with van der Waals surface area (Å²) in [4.78, 5) is 30.2. The van der Waals surface area contributed by atoms with E-state index in [1.54, 1.807) is 12.3 Å². The Labute approximate surface area is 156 Å². The zero-order chi connectivity index (χ0) is 18.6. The van der Waals surface area contributed by atoms with Crippen molar-refractivity contribution >= 4 is 17.5 Å².